The van der Waals surface area contributed by atoms with Gasteiger partial charge in [0.15, 0.2) is 0 Å². The third-order valence-corrected chi connectivity index (χ3v) is 1.91. The highest BCUT2D eigenvalue weighted by Gasteiger charge is 2.15. The van der Waals surface area contributed by atoms with Crippen LogP contribution in [0.2, 0.25) is 0 Å². The van der Waals surface area contributed by atoms with Crippen molar-refractivity contribution < 1.29 is 5.11 Å². The van der Waals surface area contributed by atoms with Gasteiger partial charge in [-0.15, -0.1) is 0 Å². The number of rotatable bonds is 6. The van der Waals surface area contributed by atoms with Crippen LogP contribution < -0.4 is 10.6 Å². The highest BCUT2D eigenvalue weighted by molar-refractivity contribution is 5.36. The fraction of sp³-hybridized carbons (Fsp3) is 0.900. The van der Waals surface area contributed by atoms with E-state index in [4.69, 9.17) is 10.5 Å². The second-order valence-corrected chi connectivity index (χ2v) is 2.99. The minimum absolute atomic E-state index is 0.153. The van der Waals surface area contributed by atoms with E-state index in [1.807, 2.05) is 14.1 Å². The van der Waals surface area contributed by atoms with Gasteiger partial charge in [-0.3, -0.25) is 0 Å². The van der Waals surface area contributed by atoms with Gasteiger partial charge in [0.2, 0.25) is 0 Å². The number of nitrogens with zero attached hydrogens (tertiary/aromatic N) is 1. The normalized spacial score (nSPS) is 13.1. The molecule has 0 aromatic carbocycles. The number of hydrogen-bond acceptors (Lipinski definition) is 5. The largest absolute Gasteiger partial charge is 0.397 e. The molecule has 0 heterocycles. The van der Waals surface area contributed by atoms with Gasteiger partial charge < -0.3 is 15.7 Å². The van der Waals surface area contributed by atoms with Crippen molar-refractivity contribution in [3.8, 4) is 0 Å². The molecular formula is C10H24N4O. The smallest absolute Gasteiger partial charge is 0.0865 e. The van der Waals surface area contributed by atoms with Crippen LogP contribution in [0.25, 0.3) is 0 Å². The van der Waals surface area contributed by atoms with Crippen molar-refractivity contribution in [2.45, 2.75) is 32.4 Å². The van der Waals surface area contributed by atoms with Gasteiger partial charge in [-0.1, -0.05) is 6.92 Å². The average Bonchev–Trinajstić information content (AvgIpc) is 2.24. The van der Waals surface area contributed by atoms with E-state index >= 15 is 0 Å². The van der Waals surface area contributed by atoms with Crippen molar-refractivity contribution in [3.05, 3.63) is 0 Å². The third kappa shape index (κ3) is 9.56. The van der Waals surface area contributed by atoms with Crippen molar-refractivity contribution in [2.24, 2.45) is 4.99 Å². The van der Waals surface area contributed by atoms with Crippen LogP contribution in [0.5, 0.6) is 0 Å². The number of likely N-dealkylation sites (N-methyl/N-ethyl adjacent to an activating group) is 2. The lowest BCUT2D eigenvalue weighted by atomic mass is 10.1. The minimum atomic E-state index is 0.153. The monoisotopic (exact) mass is 216 g/mol. The van der Waals surface area contributed by atoms with Crippen molar-refractivity contribution >= 4 is 6.01 Å². The summed E-state index contributed by atoms with van der Waals surface area (Å²) in [6.07, 6.45) is 0.930. The highest BCUT2D eigenvalue weighted by Crippen LogP contribution is 2.01. The Morgan fingerprint density at radius 2 is 1.93 bits per heavy atom. The molecule has 0 amide bonds. The number of aliphatic imine (C=N–C) groups is 1. The molecule has 2 atom stereocenters. The fourth-order valence-corrected chi connectivity index (χ4v) is 1.20. The molecule has 4 N–H and O–H groups in total. The molecule has 0 rings (SSSR count). The summed E-state index contributed by atoms with van der Waals surface area (Å²) in [5, 5.41) is 20.6. The molecule has 0 saturated carbocycles. The quantitative estimate of drug-likeness (QED) is 0.483. The van der Waals surface area contributed by atoms with E-state index in [1.54, 1.807) is 6.92 Å². The fourth-order valence-electron chi connectivity index (χ4n) is 1.20. The molecule has 2 unspecified atom stereocenters. The lowest BCUT2D eigenvalue weighted by Crippen LogP contribution is -2.43. The Labute approximate surface area is 92.5 Å². The summed E-state index contributed by atoms with van der Waals surface area (Å²) in [6.45, 7) is 4.85. The van der Waals surface area contributed by atoms with Gasteiger partial charge in [-0.25, -0.2) is 10.4 Å². The molecule has 0 aromatic rings. The molecule has 90 valence electrons. The Morgan fingerprint density at radius 1 is 1.40 bits per heavy atom. The summed E-state index contributed by atoms with van der Waals surface area (Å²) in [4.78, 5) is 3.95. The molecule has 0 bridgehead atoms. The number of aliphatic hydroxyl groups is 1. The molecule has 0 radical (unpaired) electrons. The van der Waals surface area contributed by atoms with Crippen molar-refractivity contribution in [1.29, 1.82) is 5.41 Å². The maximum Gasteiger partial charge on any atom is 0.0865 e. The molecule has 0 fully saturated rings. The topological polar surface area (TPSA) is 80.5 Å². The third-order valence-electron chi connectivity index (χ3n) is 1.91. The van der Waals surface area contributed by atoms with Gasteiger partial charge in [0, 0.05) is 19.2 Å². The maximum atomic E-state index is 7.57. The summed E-state index contributed by atoms with van der Waals surface area (Å²) < 4.78 is 0. The van der Waals surface area contributed by atoms with E-state index in [-0.39, 0.29) is 18.7 Å². The number of nitrogens with one attached hydrogen (secondary N) is 3. The second-order valence-electron chi connectivity index (χ2n) is 2.99. The van der Waals surface area contributed by atoms with E-state index in [0.717, 1.165) is 13.0 Å². The summed E-state index contributed by atoms with van der Waals surface area (Å²) >= 11 is 0. The van der Waals surface area contributed by atoms with E-state index in [2.05, 4.69) is 28.6 Å². The Kier molecular flexibility index (Phi) is 14.7. The van der Waals surface area contributed by atoms with Gasteiger partial charge in [0.05, 0.1) is 12.1 Å². The number of aliphatic hydroxyl groups excluding tert-OH is 1. The molecular weight excluding hydrogens is 192 g/mol. The molecule has 0 spiro atoms. The van der Waals surface area contributed by atoms with E-state index < -0.39 is 0 Å². The molecule has 0 aliphatic heterocycles. The Bertz CT molecular complexity index is 169. The highest BCUT2D eigenvalue weighted by atomic mass is 16.2. The molecule has 0 aliphatic rings. The first-order chi connectivity index (χ1) is 7.21. The van der Waals surface area contributed by atoms with E-state index in [0.29, 0.717) is 0 Å². The van der Waals surface area contributed by atoms with Crippen LogP contribution in [0.3, 0.4) is 0 Å². The molecule has 0 aromatic heterocycles. The van der Waals surface area contributed by atoms with Crippen molar-refractivity contribution in [3.63, 3.8) is 0 Å². The second kappa shape index (κ2) is 13.3. The minimum Gasteiger partial charge on any atom is -0.397 e. The summed E-state index contributed by atoms with van der Waals surface area (Å²) in [5.41, 5.74) is 0. The van der Waals surface area contributed by atoms with Crippen LogP contribution in [0.15, 0.2) is 4.99 Å². The average molecular weight is 216 g/mol. The van der Waals surface area contributed by atoms with Crippen LogP contribution in [-0.4, -0.2) is 50.4 Å². The van der Waals surface area contributed by atoms with Gasteiger partial charge in [0.1, 0.15) is 0 Å². The first-order valence-electron chi connectivity index (χ1n) is 5.25. The zero-order valence-electron chi connectivity index (χ0n) is 10.2. The van der Waals surface area contributed by atoms with E-state index in [1.165, 1.54) is 0 Å². The first kappa shape index (κ1) is 16.7. The number of hydrogen-bond donors (Lipinski definition) is 4. The van der Waals surface area contributed by atoms with Crippen molar-refractivity contribution in [1.82, 2.24) is 10.6 Å². The first-order valence-corrected chi connectivity index (χ1v) is 5.25. The molecule has 0 saturated heterocycles. The van der Waals surface area contributed by atoms with Crippen LogP contribution in [0.1, 0.15) is 20.3 Å². The Balaban J connectivity index is 0. The molecule has 15 heavy (non-hydrogen) atoms. The Morgan fingerprint density at radius 3 is 2.20 bits per heavy atom. The van der Waals surface area contributed by atoms with E-state index in [9.17, 15) is 0 Å². The van der Waals surface area contributed by atoms with Crippen LogP contribution >= 0.6 is 0 Å². The summed E-state index contributed by atoms with van der Waals surface area (Å²) in [6, 6.07) is 2.54. The van der Waals surface area contributed by atoms with Gasteiger partial charge >= 0.3 is 0 Å². The zero-order chi connectivity index (χ0) is 12.1. The SMILES string of the molecule is CCC(N=C=N)C(CNC)NC.CCO. The predicted molar refractivity (Wildman–Crippen MR) is 63.8 cm³/mol. The van der Waals surface area contributed by atoms with Crippen LogP contribution in [0.4, 0.5) is 0 Å². The van der Waals surface area contributed by atoms with Gasteiger partial charge in [0.25, 0.3) is 0 Å². The Hall–Kier alpha value is -0.740. The predicted octanol–water partition coefficient (Wildman–Crippen LogP) is 0.324. The van der Waals surface area contributed by atoms with Crippen LogP contribution in [-0.2, 0) is 0 Å². The summed E-state index contributed by atoms with van der Waals surface area (Å²) in [5.74, 6) is 0. The van der Waals surface area contributed by atoms with Gasteiger partial charge in [-0.2, -0.15) is 0 Å². The molecule has 5 nitrogen and oxygen atoms in total. The zero-order valence-corrected chi connectivity index (χ0v) is 10.2. The lowest BCUT2D eigenvalue weighted by molar-refractivity contribution is 0.318. The molecule has 0 aliphatic carbocycles. The molecule has 5 heteroatoms. The lowest BCUT2D eigenvalue weighted by Gasteiger charge is -2.20. The standard InChI is InChI=1S/C8H18N4.C2H6O/c1-4-7(12-6-9)8(11-3)5-10-2;1-2-3/h7-11H,4-5H2,1-3H3;3H,2H2,1H3. The summed E-state index contributed by atoms with van der Waals surface area (Å²) in [7, 11) is 3.81. The van der Waals surface area contributed by atoms with Crippen molar-refractivity contribution in [2.75, 3.05) is 27.2 Å². The maximum absolute atomic E-state index is 7.57. The van der Waals surface area contributed by atoms with Gasteiger partial charge in [-0.05, 0) is 27.4 Å². The van der Waals surface area contributed by atoms with Crippen LogP contribution in [0, 0.1) is 5.41 Å².